The van der Waals surface area contributed by atoms with E-state index in [0.29, 0.717) is 35.9 Å². The minimum atomic E-state index is -2.94. The number of piperidine rings is 2. The number of carbonyl (C=O) groups excluding carboxylic acids is 3. The number of phenolic OH excluding ortho intramolecular Hbond substituents is 1. The standard InChI is InChI=1S/C45H53F2N5O4/c46-45(47)26-32(23-29-3-1-2-4-29)42(38-12-10-36(53)25-39(38)45)31-5-7-34(8-6-31)50-17-15-30(16-18-50)27-49-19-21-51(22-20-49)35-9-11-37-33(24-35)28-52(44(37)56)40-13-14-41(54)48-43(40)55/h5-12,24-25,29-30,32,40,42,53H,1-4,13-23,26-28H2,(H,48,54,55)/t32-,40+,42-/m1/s1. The Balaban J connectivity index is 0.781. The van der Waals surface area contributed by atoms with Crippen LogP contribution in [0.15, 0.2) is 60.7 Å². The smallest absolute Gasteiger partial charge is 0.273 e. The number of hydrogen-bond acceptors (Lipinski definition) is 7. The van der Waals surface area contributed by atoms with Gasteiger partial charge in [0.25, 0.3) is 11.8 Å². The molecule has 9 nitrogen and oxygen atoms in total. The Morgan fingerprint density at radius 2 is 1.48 bits per heavy atom. The quantitative estimate of drug-likeness (QED) is 0.238. The van der Waals surface area contributed by atoms with E-state index in [4.69, 9.17) is 0 Å². The van der Waals surface area contributed by atoms with Crippen LogP contribution >= 0.6 is 0 Å². The molecule has 9 rings (SSSR count). The molecule has 0 radical (unpaired) electrons. The van der Waals surface area contributed by atoms with Crippen LogP contribution in [-0.4, -0.2) is 84.5 Å². The van der Waals surface area contributed by atoms with Crippen molar-refractivity contribution in [2.24, 2.45) is 17.8 Å². The minimum Gasteiger partial charge on any atom is -0.508 e. The summed E-state index contributed by atoms with van der Waals surface area (Å²) in [5.74, 6) is -2.94. The lowest BCUT2D eigenvalue weighted by Gasteiger charge is -2.40. The van der Waals surface area contributed by atoms with E-state index in [-0.39, 0.29) is 53.7 Å². The first-order valence-corrected chi connectivity index (χ1v) is 20.9. The summed E-state index contributed by atoms with van der Waals surface area (Å²) < 4.78 is 31.1. The van der Waals surface area contributed by atoms with Crippen molar-refractivity contribution in [3.8, 4) is 5.75 Å². The maximum atomic E-state index is 15.5. The largest absolute Gasteiger partial charge is 0.508 e. The van der Waals surface area contributed by atoms with Crippen LogP contribution < -0.4 is 15.1 Å². The van der Waals surface area contributed by atoms with E-state index in [2.05, 4.69) is 50.3 Å². The van der Waals surface area contributed by atoms with Crippen molar-refractivity contribution in [2.45, 2.75) is 88.6 Å². The fourth-order valence-corrected chi connectivity index (χ4v) is 10.9. The molecule has 1 saturated carbocycles. The summed E-state index contributed by atoms with van der Waals surface area (Å²) in [6, 6.07) is 18.7. The Morgan fingerprint density at radius 3 is 2.21 bits per heavy atom. The number of phenols is 1. The van der Waals surface area contributed by atoms with E-state index >= 15 is 8.78 Å². The number of alkyl halides is 2. The summed E-state index contributed by atoms with van der Waals surface area (Å²) in [5.41, 5.74) is 5.63. The molecule has 4 heterocycles. The molecule has 2 N–H and O–H groups in total. The highest BCUT2D eigenvalue weighted by atomic mass is 19.3. The summed E-state index contributed by atoms with van der Waals surface area (Å²) in [6.45, 7) is 7.27. The lowest BCUT2D eigenvalue weighted by atomic mass is 9.67. The zero-order valence-electron chi connectivity index (χ0n) is 32.1. The average Bonchev–Trinajstić information content (AvgIpc) is 3.83. The minimum absolute atomic E-state index is 0.0151. The predicted molar refractivity (Wildman–Crippen MR) is 211 cm³/mol. The summed E-state index contributed by atoms with van der Waals surface area (Å²) in [4.78, 5) is 46.3. The van der Waals surface area contributed by atoms with Crippen LogP contribution in [0, 0.1) is 17.8 Å². The lowest BCUT2D eigenvalue weighted by molar-refractivity contribution is -0.136. The van der Waals surface area contributed by atoms with Gasteiger partial charge in [-0.1, -0.05) is 43.9 Å². The predicted octanol–water partition coefficient (Wildman–Crippen LogP) is 7.02. The fraction of sp³-hybridized carbons (Fsp3) is 0.533. The van der Waals surface area contributed by atoms with Gasteiger partial charge in [0, 0.05) is 93.6 Å². The van der Waals surface area contributed by atoms with Crippen molar-refractivity contribution in [2.75, 3.05) is 55.6 Å². The van der Waals surface area contributed by atoms with Gasteiger partial charge in [-0.05, 0) is 103 Å². The molecule has 0 aromatic heterocycles. The van der Waals surface area contributed by atoms with Gasteiger partial charge in [-0.15, -0.1) is 0 Å². The van der Waals surface area contributed by atoms with Crippen molar-refractivity contribution in [1.29, 1.82) is 0 Å². The molecule has 3 aromatic rings. The Kier molecular flexibility index (Phi) is 10.0. The van der Waals surface area contributed by atoms with Crippen LogP contribution in [-0.2, 0) is 22.1 Å². The maximum absolute atomic E-state index is 15.5. The maximum Gasteiger partial charge on any atom is 0.273 e. The number of benzene rings is 3. The van der Waals surface area contributed by atoms with Gasteiger partial charge in [0.05, 0.1) is 0 Å². The summed E-state index contributed by atoms with van der Waals surface area (Å²) in [6.07, 6.45) is 8.20. The molecule has 56 heavy (non-hydrogen) atoms. The Morgan fingerprint density at radius 1 is 0.768 bits per heavy atom. The van der Waals surface area contributed by atoms with Crippen molar-refractivity contribution < 1.29 is 28.3 Å². The van der Waals surface area contributed by atoms with Gasteiger partial charge in [0.1, 0.15) is 11.8 Å². The van der Waals surface area contributed by atoms with Crippen LogP contribution in [0.25, 0.3) is 0 Å². The third kappa shape index (κ3) is 7.27. The molecule has 0 unspecified atom stereocenters. The first-order chi connectivity index (χ1) is 27.1. The zero-order valence-corrected chi connectivity index (χ0v) is 32.1. The molecule has 2 aliphatic carbocycles. The zero-order chi connectivity index (χ0) is 38.6. The second kappa shape index (κ2) is 15.1. The molecule has 6 aliphatic rings. The van der Waals surface area contributed by atoms with Crippen molar-refractivity contribution in [3.05, 3.63) is 88.5 Å². The van der Waals surface area contributed by atoms with Gasteiger partial charge in [0.2, 0.25) is 11.8 Å². The number of hydrogen-bond donors (Lipinski definition) is 2. The van der Waals surface area contributed by atoms with Gasteiger partial charge in [-0.2, -0.15) is 0 Å². The molecule has 11 heteroatoms. The normalized spacial score (nSPS) is 26.1. The van der Waals surface area contributed by atoms with Crippen molar-refractivity contribution >= 4 is 29.1 Å². The van der Waals surface area contributed by atoms with Crippen LogP contribution in [0.4, 0.5) is 20.2 Å². The van der Waals surface area contributed by atoms with Crippen LogP contribution in [0.5, 0.6) is 5.75 Å². The van der Waals surface area contributed by atoms with Gasteiger partial charge < -0.3 is 19.8 Å². The van der Waals surface area contributed by atoms with E-state index in [1.807, 2.05) is 12.1 Å². The average molecular weight is 766 g/mol. The molecule has 3 aromatic carbocycles. The molecular weight excluding hydrogens is 713 g/mol. The van der Waals surface area contributed by atoms with Crippen LogP contribution in [0.1, 0.15) is 103 Å². The van der Waals surface area contributed by atoms with E-state index in [9.17, 15) is 19.5 Å². The number of anilines is 2. The molecule has 3 amide bonds. The van der Waals surface area contributed by atoms with E-state index in [0.717, 1.165) is 94.7 Å². The highest BCUT2D eigenvalue weighted by Gasteiger charge is 2.47. The summed E-state index contributed by atoms with van der Waals surface area (Å²) in [7, 11) is 0. The number of piperazine rings is 1. The number of amides is 3. The molecule has 296 valence electrons. The number of carbonyl (C=O) groups is 3. The summed E-state index contributed by atoms with van der Waals surface area (Å²) >= 11 is 0. The first-order valence-electron chi connectivity index (χ1n) is 20.9. The topological polar surface area (TPSA) is 96.4 Å². The Labute approximate surface area is 328 Å². The van der Waals surface area contributed by atoms with E-state index in [1.54, 1.807) is 17.0 Å². The van der Waals surface area contributed by atoms with Gasteiger partial charge >= 0.3 is 0 Å². The molecule has 4 fully saturated rings. The summed E-state index contributed by atoms with van der Waals surface area (Å²) in [5, 5.41) is 12.5. The van der Waals surface area contributed by atoms with Crippen LogP contribution in [0.3, 0.4) is 0 Å². The second-order valence-corrected chi connectivity index (χ2v) is 17.4. The van der Waals surface area contributed by atoms with E-state index < -0.39 is 12.0 Å². The van der Waals surface area contributed by atoms with E-state index in [1.165, 1.54) is 24.6 Å². The molecule has 3 atom stereocenters. The fourth-order valence-electron chi connectivity index (χ4n) is 10.9. The highest BCUT2D eigenvalue weighted by molar-refractivity contribution is 6.05. The monoisotopic (exact) mass is 765 g/mol. The number of nitrogens with one attached hydrogen (secondary N) is 1. The number of rotatable bonds is 8. The van der Waals surface area contributed by atoms with Gasteiger partial charge in [-0.25, -0.2) is 8.78 Å². The molecule has 0 spiro atoms. The highest BCUT2D eigenvalue weighted by Crippen LogP contribution is 2.54. The molecule has 3 saturated heterocycles. The van der Waals surface area contributed by atoms with Gasteiger partial charge in [-0.3, -0.25) is 24.6 Å². The molecular formula is C45H53F2N5O4. The van der Waals surface area contributed by atoms with Crippen molar-refractivity contribution in [1.82, 2.24) is 15.1 Å². The third-order valence-electron chi connectivity index (χ3n) is 13.9. The number of halogens is 2. The number of imide groups is 1. The van der Waals surface area contributed by atoms with Gasteiger partial charge in [0.15, 0.2) is 0 Å². The molecule has 4 aliphatic heterocycles. The Hall–Kier alpha value is -4.51. The second-order valence-electron chi connectivity index (χ2n) is 17.4. The lowest BCUT2D eigenvalue weighted by Crippen LogP contribution is -2.52. The number of nitrogens with zero attached hydrogens (tertiary/aromatic N) is 4. The van der Waals surface area contributed by atoms with Crippen molar-refractivity contribution in [3.63, 3.8) is 0 Å². The third-order valence-corrected chi connectivity index (χ3v) is 13.9. The Bertz CT molecular complexity index is 1970. The van der Waals surface area contributed by atoms with Crippen LogP contribution in [0.2, 0.25) is 0 Å². The SMILES string of the molecule is O=C1CC[C@H](N2Cc3cc(N4CCN(CC5CCN(c6ccc([C@H]7c8ccc(O)cc8C(F)(F)C[C@H]7CC7CCCC7)cc6)CC5)CC4)ccc3C2=O)C(=O)N1. The molecule has 0 bridgehead atoms. The number of aromatic hydroxyl groups is 1. The first kappa shape index (κ1) is 37.1. The number of fused-ring (bicyclic) bond motifs is 2.